The number of hydrogen-bond acceptors (Lipinski definition) is 2. The summed E-state index contributed by atoms with van der Waals surface area (Å²) in [5.41, 5.74) is 1.95. The van der Waals surface area contributed by atoms with Crippen LogP contribution in [0.2, 0.25) is 0 Å². The third-order valence-corrected chi connectivity index (χ3v) is 2.75. The topological polar surface area (TPSA) is 42.2 Å². The number of phenols is 1. The molecule has 0 fully saturated rings. The lowest BCUT2D eigenvalue weighted by atomic mass is 10.2. The molecule has 0 aliphatic heterocycles. The second-order valence-corrected chi connectivity index (χ2v) is 3.97. The Labute approximate surface area is 94.3 Å². The molecule has 1 aromatic carbocycles. The van der Waals surface area contributed by atoms with Gasteiger partial charge >= 0.3 is 0 Å². The van der Waals surface area contributed by atoms with Crippen molar-refractivity contribution in [3.63, 3.8) is 0 Å². The predicted octanol–water partition coefficient (Wildman–Crippen LogP) is 2.50. The second kappa shape index (κ2) is 4.00. The summed E-state index contributed by atoms with van der Waals surface area (Å²) >= 11 is 0. The standard InChI is InChI=1S/C13H15NO2/c1-3-14-10(7-9(2)15)8-11-12(14)5-4-6-13(11)16/h4-6,8,16H,3,7H2,1-2H3. The number of phenolic OH excluding ortho intramolecular Hbond substituents is 1. The van der Waals surface area contributed by atoms with Crippen LogP contribution < -0.4 is 0 Å². The summed E-state index contributed by atoms with van der Waals surface area (Å²) in [5.74, 6) is 0.409. The summed E-state index contributed by atoms with van der Waals surface area (Å²) in [6, 6.07) is 7.35. The number of carbonyl (C=O) groups excluding carboxylic acids is 1. The van der Waals surface area contributed by atoms with Crippen molar-refractivity contribution in [2.75, 3.05) is 0 Å². The Morgan fingerprint density at radius 1 is 1.44 bits per heavy atom. The molecule has 1 heterocycles. The molecule has 0 saturated carbocycles. The minimum atomic E-state index is 0.136. The zero-order chi connectivity index (χ0) is 11.7. The molecular formula is C13H15NO2. The highest BCUT2D eigenvalue weighted by Gasteiger charge is 2.11. The van der Waals surface area contributed by atoms with Gasteiger partial charge in [0.05, 0.1) is 5.52 Å². The average Bonchev–Trinajstić information content (AvgIpc) is 2.56. The van der Waals surface area contributed by atoms with Gasteiger partial charge in [0.25, 0.3) is 0 Å². The molecule has 0 aliphatic carbocycles. The van der Waals surface area contributed by atoms with Crippen molar-refractivity contribution < 1.29 is 9.90 Å². The number of aromatic nitrogens is 1. The zero-order valence-electron chi connectivity index (χ0n) is 9.53. The van der Waals surface area contributed by atoms with Crippen molar-refractivity contribution in [2.24, 2.45) is 0 Å². The molecule has 3 heteroatoms. The van der Waals surface area contributed by atoms with E-state index in [-0.39, 0.29) is 11.5 Å². The predicted molar refractivity (Wildman–Crippen MR) is 63.7 cm³/mol. The minimum Gasteiger partial charge on any atom is -0.507 e. The van der Waals surface area contributed by atoms with Gasteiger partial charge in [-0.05, 0) is 32.0 Å². The summed E-state index contributed by atoms with van der Waals surface area (Å²) in [7, 11) is 0. The van der Waals surface area contributed by atoms with Gasteiger partial charge in [-0.15, -0.1) is 0 Å². The number of benzene rings is 1. The van der Waals surface area contributed by atoms with E-state index in [9.17, 15) is 9.90 Å². The minimum absolute atomic E-state index is 0.136. The van der Waals surface area contributed by atoms with Crippen LogP contribution in [0, 0.1) is 0 Å². The SMILES string of the molecule is CCn1c(CC(C)=O)cc2c(O)cccc21. The summed E-state index contributed by atoms with van der Waals surface area (Å²) < 4.78 is 2.07. The average molecular weight is 217 g/mol. The molecule has 2 rings (SSSR count). The number of Topliss-reactive ketones (excluding diaryl/α,β-unsaturated/α-hetero) is 1. The van der Waals surface area contributed by atoms with Gasteiger partial charge in [-0.2, -0.15) is 0 Å². The molecule has 0 atom stereocenters. The number of hydrogen-bond donors (Lipinski definition) is 1. The van der Waals surface area contributed by atoms with Crippen molar-refractivity contribution in [1.82, 2.24) is 4.57 Å². The van der Waals surface area contributed by atoms with Gasteiger partial charge in [0, 0.05) is 24.0 Å². The number of rotatable bonds is 3. The maximum Gasteiger partial charge on any atom is 0.135 e. The van der Waals surface area contributed by atoms with E-state index in [1.807, 2.05) is 25.1 Å². The van der Waals surface area contributed by atoms with Crippen LogP contribution in [0.25, 0.3) is 10.9 Å². The van der Waals surface area contributed by atoms with E-state index in [0.29, 0.717) is 6.42 Å². The van der Waals surface area contributed by atoms with Crippen LogP contribution in [0.3, 0.4) is 0 Å². The van der Waals surface area contributed by atoms with E-state index >= 15 is 0 Å². The first-order chi connectivity index (χ1) is 7.63. The highest BCUT2D eigenvalue weighted by Crippen LogP contribution is 2.28. The molecule has 0 unspecified atom stereocenters. The van der Waals surface area contributed by atoms with Gasteiger partial charge in [0.15, 0.2) is 0 Å². The van der Waals surface area contributed by atoms with E-state index in [1.54, 1.807) is 13.0 Å². The zero-order valence-corrected chi connectivity index (χ0v) is 9.53. The first-order valence-corrected chi connectivity index (χ1v) is 5.43. The van der Waals surface area contributed by atoms with E-state index < -0.39 is 0 Å². The number of aryl methyl sites for hydroxylation is 1. The second-order valence-electron chi connectivity index (χ2n) is 3.97. The lowest BCUT2D eigenvalue weighted by Gasteiger charge is -2.06. The van der Waals surface area contributed by atoms with Crippen molar-refractivity contribution in [1.29, 1.82) is 0 Å². The van der Waals surface area contributed by atoms with Gasteiger partial charge < -0.3 is 9.67 Å². The Kier molecular flexibility index (Phi) is 2.69. The van der Waals surface area contributed by atoms with Crippen molar-refractivity contribution >= 4 is 16.7 Å². The van der Waals surface area contributed by atoms with E-state index in [1.165, 1.54) is 0 Å². The van der Waals surface area contributed by atoms with Crippen molar-refractivity contribution in [3.05, 3.63) is 30.0 Å². The van der Waals surface area contributed by atoms with Crippen molar-refractivity contribution in [2.45, 2.75) is 26.8 Å². The Morgan fingerprint density at radius 2 is 2.19 bits per heavy atom. The normalized spacial score (nSPS) is 10.9. The fourth-order valence-corrected chi connectivity index (χ4v) is 2.10. The molecule has 84 valence electrons. The fourth-order valence-electron chi connectivity index (χ4n) is 2.10. The molecule has 0 saturated heterocycles. The quantitative estimate of drug-likeness (QED) is 0.858. The first-order valence-electron chi connectivity index (χ1n) is 5.43. The number of carbonyl (C=O) groups is 1. The fraction of sp³-hybridized carbons (Fsp3) is 0.308. The number of nitrogens with zero attached hydrogens (tertiary/aromatic N) is 1. The Bertz CT molecular complexity index is 540. The van der Waals surface area contributed by atoms with Crippen LogP contribution in [0.1, 0.15) is 19.5 Å². The number of ketones is 1. The van der Waals surface area contributed by atoms with Crippen LogP contribution in [-0.4, -0.2) is 15.5 Å². The molecule has 0 bridgehead atoms. The van der Waals surface area contributed by atoms with Crippen LogP contribution in [0.5, 0.6) is 5.75 Å². The van der Waals surface area contributed by atoms with E-state index in [4.69, 9.17) is 0 Å². The van der Waals surface area contributed by atoms with Crippen LogP contribution in [0.4, 0.5) is 0 Å². The first kappa shape index (κ1) is 10.7. The molecule has 0 aliphatic rings. The molecular weight excluding hydrogens is 202 g/mol. The Balaban J connectivity index is 2.66. The van der Waals surface area contributed by atoms with Gasteiger partial charge in [-0.25, -0.2) is 0 Å². The smallest absolute Gasteiger partial charge is 0.135 e. The van der Waals surface area contributed by atoms with E-state index in [0.717, 1.165) is 23.1 Å². The lowest BCUT2D eigenvalue weighted by molar-refractivity contribution is -0.116. The highest BCUT2D eigenvalue weighted by molar-refractivity contribution is 5.89. The Hall–Kier alpha value is -1.77. The summed E-state index contributed by atoms with van der Waals surface area (Å²) in [6.07, 6.45) is 0.419. The summed E-state index contributed by atoms with van der Waals surface area (Å²) in [4.78, 5) is 11.2. The molecule has 0 radical (unpaired) electrons. The van der Waals surface area contributed by atoms with E-state index in [2.05, 4.69) is 4.57 Å². The van der Waals surface area contributed by atoms with Crippen molar-refractivity contribution in [3.8, 4) is 5.75 Å². The monoisotopic (exact) mass is 217 g/mol. The third-order valence-electron chi connectivity index (χ3n) is 2.75. The maximum atomic E-state index is 11.2. The largest absolute Gasteiger partial charge is 0.507 e. The molecule has 1 N–H and O–H groups in total. The van der Waals surface area contributed by atoms with Crippen LogP contribution in [-0.2, 0) is 17.8 Å². The van der Waals surface area contributed by atoms with Gasteiger partial charge in [-0.3, -0.25) is 4.79 Å². The van der Waals surface area contributed by atoms with Crippen LogP contribution in [0.15, 0.2) is 24.3 Å². The molecule has 16 heavy (non-hydrogen) atoms. The molecule has 2 aromatic rings. The van der Waals surface area contributed by atoms with Gasteiger partial charge in [-0.1, -0.05) is 6.07 Å². The maximum absolute atomic E-state index is 11.2. The van der Waals surface area contributed by atoms with Gasteiger partial charge in [0.2, 0.25) is 0 Å². The molecule has 0 spiro atoms. The Morgan fingerprint density at radius 3 is 2.81 bits per heavy atom. The highest BCUT2D eigenvalue weighted by atomic mass is 16.3. The summed E-state index contributed by atoms with van der Waals surface area (Å²) in [5, 5.41) is 10.6. The van der Waals surface area contributed by atoms with Crippen LogP contribution >= 0.6 is 0 Å². The molecule has 0 amide bonds. The third kappa shape index (κ3) is 1.69. The molecule has 3 nitrogen and oxygen atoms in total. The number of aromatic hydroxyl groups is 1. The number of fused-ring (bicyclic) bond motifs is 1. The lowest BCUT2D eigenvalue weighted by Crippen LogP contribution is -2.04. The van der Waals surface area contributed by atoms with Gasteiger partial charge in [0.1, 0.15) is 11.5 Å². The molecule has 1 aromatic heterocycles. The summed E-state index contributed by atoms with van der Waals surface area (Å²) in [6.45, 7) is 4.42.